The van der Waals surface area contributed by atoms with Crippen LogP contribution in [0, 0.1) is 13.8 Å². The Morgan fingerprint density at radius 3 is 3.05 bits per heavy atom. The van der Waals surface area contributed by atoms with Crippen molar-refractivity contribution in [2.45, 2.75) is 37.6 Å². The monoisotopic (exact) mass is 336 g/mol. The van der Waals surface area contributed by atoms with Crippen LogP contribution >= 0.6 is 23.4 Å². The van der Waals surface area contributed by atoms with Gasteiger partial charge in [0.25, 0.3) is 0 Å². The molecule has 0 saturated heterocycles. The van der Waals surface area contributed by atoms with E-state index in [0.29, 0.717) is 17.2 Å². The van der Waals surface area contributed by atoms with E-state index in [1.165, 1.54) is 4.90 Å². The molecule has 2 aromatic rings. The van der Waals surface area contributed by atoms with Crippen molar-refractivity contribution in [1.29, 1.82) is 0 Å². The van der Waals surface area contributed by atoms with Crippen LogP contribution in [-0.4, -0.2) is 16.8 Å². The van der Waals surface area contributed by atoms with Gasteiger partial charge in [-0.25, -0.2) is 0 Å². The molecule has 1 amide bonds. The Morgan fingerprint density at radius 1 is 1.50 bits per heavy atom. The van der Waals surface area contributed by atoms with Gasteiger partial charge >= 0.3 is 0 Å². The van der Waals surface area contributed by atoms with Crippen LogP contribution in [-0.2, 0) is 11.2 Å². The molecular formula is C16H17ClN2O2S. The summed E-state index contributed by atoms with van der Waals surface area (Å²) < 4.78 is 5.11. The Kier molecular flexibility index (Phi) is 4.45. The highest BCUT2D eigenvalue weighted by Crippen LogP contribution is 2.37. The molecule has 4 nitrogen and oxygen atoms in total. The van der Waals surface area contributed by atoms with E-state index in [4.69, 9.17) is 16.1 Å². The number of nitrogens with one attached hydrogen (secondary N) is 1. The van der Waals surface area contributed by atoms with Gasteiger partial charge in [-0.05, 0) is 44.0 Å². The maximum absolute atomic E-state index is 12.4. The number of benzene rings is 1. The SMILES string of the molecule is Cc1noc(C)c1CC(=O)NC1CCSc2ccc(Cl)cc21. The predicted molar refractivity (Wildman–Crippen MR) is 87.4 cm³/mol. The molecule has 2 heterocycles. The zero-order valence-electron chi connectivity index (χ0n) is 12.5. The van der Waals surface area contributed by atoms with Gasteiger partial charge in [-0.1, -0.05) is 16.8 Å². The Balaban J connectivity index is 1.74. The number of carbonyl (C=O) groups is 1. The fraction of sp³-hybridized carbons (Fsp3) is 0.375. The molecule has 0 saturated carbocycles. The van der Waals surface area contributed by atoms with Crippen LogP contribution in [0.15, 0.2) is 27.6 Å². The first kappa shape index (κ1) is 15.4. The Morgan fingerprint density at radius 2 is 2.32 bits per heavy atom. The van der Waals surface area contributed by atoms with Gasteiger partial charge < -0.3 is 9.84 Å². The van der Waals surface area contributed by atoms with Crippen molar-refractivity contribution < 1.29 is 9.32 Å². The molecule has 22 heavy (non-hydrogen) atoms. The van der Waals surface area contributed by atoms with Crippen molar-refractivity contribution in [3.05, 3.63) is 45.8 Å². The summed E-state index contributed by atoms with van der Waals surface area (Å²) in [6, 6.07) is 5.88. The van der Waals surface area contributed by atoms with Crippen molar-refractivity contribution in [2.75, 3.05) is 5.75 Å². The van der Waals surface area contributed by atoms with Gasteiger partial charge in [0.05, 0.1) is 18.2 Å². The number of hydrogen-bond acceptors (Lipinski definition) is 4. The van der Waals surface area contributed by atoms with Gasteiger partial charge in [0.15, 0.2) is 0 Å². The lowest BCUT2D eigenvalue weighted by Crippen LogP contribution is -2.32. The highest BCUT2D eigenvalue weighted by Gasteiger charge is 2.23. The summed E-state index contributed by atoms with van der Waals surface area (Å²) in [5, 5.41) is 7.70. The predicted octanol–water partition coefficient (Wildman–Crippen LogP) is 3.84. The molecule has 1 aliphatic rings. The zero-order valence-corrected chi connectivity index (χ0v) is 14.1. The largest absolute Gasteiger partial charge is 0.361 e. The Bertz CT molecular complexity index is 695. The third-order valence-electron chi connectivity index (χ3n) is 3.87. The summed E-state index contributed by atoms with van der Waals surface area (Å²) in [4.78, 5) is 13.6. The summed E-state index contributed by atoms with van der Waals surface area (Å²) >= 11 is 7.90. The summed E-state index contributed by atoms with van der Waals surface area (Å²) in [7, 11) is 0. The smallest absolute Gasteiger partial charge is 0.225 e. The van der Waals surface area contributed by atoms with Crippen LogP contribution in [0.5, 0.6) is 0 Å². The first-order valence-corrected chi connectivity index (χ1v) is 8.54. The van der Waals surface area contributed by atoms with Crippen LogP contribution in [0.3, 0.4) is 0 Å². The average molecular weight is 337 g/mol. The number of thioether (sulfide) groups is 1. The summed E-state index contributed by atoms with van der Waals surface area (Å²) in [6.45, 7) is 3.68. The molecule has 0 aliphatic carbocycles. The van der Waals surface area contributed by atoms with Gasteiger partial charge in [-0.15, -0.1) is 11.8 Å². The van der Waals surface area contributed by atoms with Crippen LogP contribution in [0.2, 0.25) is 5.02 Å². The molecule has 1 N–H and O–H groups in total. The van der Waals surface area contributed by atoms with Crippen LogP contribution in [0.25, 0.3) is 0 Å². The van der Waals surface area contributed by atoms with E-state index in [-0.39, 0.29) is 11.9 Å². The lowest BCUT2D eigenvalue weighted by atomic mass is 10.0. The van der Waals surface area contributed by atoms with Gasteiger partial charge in [0, 0.05) is 21.2 Å². The number of aryl methyl sites for hydroxylation is 2. The molecule has 0 radical (unpaired) electrons. The molecule has 0 bridgehead atoms. The zero-order chi connectivity index (χ0) is 15.7. The Labute approximate surface area is 138 Å². The third kappa shape index (κ3) is 3.15. The average Bonchev–Trinajstić information content (AvgIpc) is 2.80. The summed E-state index contributed by atoms with van der Waals surface area (Å²) in [6.07, 6.45) is 1.20. The fourth-order valence-corrected chi connectivity index (χ4v) is 3.96. The number of hydrogen-bond donors (Lipinski definition) is 1. The molecule has 0 spiro atoms. The minimum Gasteiger partial charge on any atom is -0.361 e. The van der Waals surface area contributed by atoms with Crippen LogP contribution in [0.1, 0.15) is 35.0 Å². The van der Waals surface area contributed by atoms with Crippen LogP contribution < -0.4 is 5.32 Å². The van der Waals surface area contributed by atoms with E-state index in [9.17, 15) is 4.79 Å². The third-order valence-corrected chi connectivity index (χ3v) is 5.22. The fourth-order valence-electron chi connectivity index (χ4n) is 2.68. The second kappa shape index (κ2) is 6.34. The molecule has 6 heteroatoms. The number of rotatable bonds is 3. The van der Waals surface area contributed by atoms with E-state index in [1.807, 2.05) is 32.0 Å². The highest BCUT2D eigenvalue weighted by molar-refractivity contribution is 7.99. The number of aromatic nitrogens is 1. The summed E-state index contributed by atoms with van der Waals surface area (Å²) in [5.74, 6) is 1.68. The normalized spacial score (nSPS) is 17.1. The number of nitrogens with zero attached hydrogens (tertiary/aromatic N) is 1. The van der Waals surface area contributed by atoms with Gasteiger partial charge in [-0.2, -0.15) is 0 Å². The highest BCUT2D eigenvalue weighted by atomic mass is 35.5. The van der Waals surface area contributed by atoms with Crippen molar-refractivity contribution >= 4 is 29.3 Å². The minimum atomic E-state index is -0.0165. The molecule has 3 rings (SSSR count). The van der Waals surface area contributed by atoms with Crippen LogP contribution in [0.4, 0.5) is 0 Å². The quantitative estimate of drug-likeness (QED) is 0.925. The van der Waals surface area contributed by atoms with Crippen molar-refractivity contribution in [3.8, 4) is 0 Å². The topological polar surface area (TPSA) is 55.1 Å². The number of fused-ring (bicyclic) bond motifs is 1. The van der Waals surface area contributed by atoms with Crippen molar-refractivity contribution in [1.82, 2.24) is 10.5 Å². The molecule has 0 fully saturated rings. The maximum atomic E-state index is 12.4. The first-order valence-electron chi connectivity index (χ1n) is 7.18. The number of halogens is 1. The minimum absolute atomic E-state index is 0.0165. The molecule has 116 valence electrons. The van der Waals surface area contributed by atoms with Gasteiger partial charge in [-0.3, -0.25) is 4.79 Å². The number of amides is 1. The number of carbonyl (C=O) groups excluding carboxylic acids is 1. The molecule has 1 aliphatic heterocycles. The lowest BCUT2D eigenvalue weighted by molar-refractivity contribution is -0.121. The molecular weight excluding hydrogens is 320 g/mol. The van der Waals surface area contributed by atoms with E-state index >= 15 is 0 Å². The lowest BCUT2D eigenvalue weighted by Gasteiger charge is -2.26. The van der Waals surface area contributed by atoms with E-state index in [0.717, 1.165) is 29.0 Å². The van der Waals surface area contributed by atoms with E-state index in [1.54, 1.807) is 11.8 Å². The molecule has 1 aromatic heterocycles. The molecule has 1 unspecified atom stereocenters. The second-order valence-electron chi connectivity index (χ2n) is 5.42. The van der Waals surface area contributed by atoms with Crippen molar-refractivity contribution in [2.24, 2.45) is 0 Å². The van der Waals surface area contributed by atoms with Crippen molar-refractivity contribution in [3.63, 3.8) is 0 Å². The molecule has 1 atom stereocenters. The maximum Gasteiger partial charge on any atom is 0.225 e. The van der Waals surface area contributed by atoms with Gasteiger partial charge in [0.1, 0.15) is 5.76 Å². The second-order valence-corrected chi connectivity index (χ2v) is 6.99. The Hall–Kier alpha value is -1.46. The van der Waals surface area contributed by atoms with E-state index < -0.39 is 0 Å². The molecule has 1 aromatic carbocycles. The standard InChI is InChI=1S/C16H17ClN2O2S/c1-9-12(10(2)21-19-9)8-16(20)18-14-5-6-22-15-4-3-11(17)7-13(14)15/h3-4,7,14H,5-6,8H2,1-2H3,(H,18,20). The van der Waals surface area contributed by atoms with E-state index in [2.05, 4.69) is 10.5 Å². The van der Waals surface area contributed by atoms with Gasteiger partial charge in [0.2, 0.25) is 5.91 Å². The summed E-state index contributed by atoms with van der Waals surface area (Å²) in [5.41, 5.74) is 2.75. The first-order chi connectivity index (χ1) is 10.5.